The molecule has 0 aromatic heterocycles. The van der Waals surface area contributed by atoms with E-state index in [1.807, 2.05) is 13.0 Å². The fraction of sp³-hybridized carbons (Fsp3) is 0.421. The molecule has 0 spiro atoms. The summed E-state index contributed by atoms with van der Waals surface area (Å²) in [5, 5.41) is 5.22. The van der Waals surface area contributed by atoms with Crippen molar-refractivity contribution in [2.75, 3.05) is 13.7 Å². The molecular weight excluding hydrogens is 320 g/mol. The zero-order valence-electron chi connectivity index (χ0n) is 14.2. The van der Waals surface area contributed by atoms with Crippen molar-refractivity contribution in [2.45, 2.75) is 13.3 Å². The fourth-order valence-electron chi connectivity index (χ4n) is 4.17. The molecule has 1 aromatic carbocycles. The SMILES string of the molecule is CCOc1cc(/C=N\N2C(=O)[C@H]3[C@H](C2=O)[C@H]2C=C[C@H]3C2)ccc1OC. The molecule has 1 aromatic rings. The van der Waals surface area contributed by atoms with Crippen LogP contribution in [0.3, 0.4) is 0 Å². The van der Waals surface area contributed by atoms with Crippen molar-refractivity contribution in [3.05, 3.63) is 35.9 Å². The number of rotatable bonds is 5. The Hall–Kier alpha value is -2.63. The van der Waals surface area contributed by atoms with Gasteiger partial charge in [0.1, 0.15) is 0 Å². The number of benzene rings is 1. The summed E-state index contributed by atoms with van der Waals surface area (Å²) in [7, 11) is 1.58. The normalized spacial score (nSPS) is 29.8. The first-order valence-electron chi connectivity index (χ1n) is 8.55. The van der Waals surface area contributed by atoms with Crippen molar-refractivity contribution < 1.29 is 19.1 Å². The molecule has 0 radical (unpaired) electrons. The molecule has 2 aliphatic carbocycles. The molecule has 1 aliphatic heterocycles. The van der Waals surface area contributed by atoms with Gasteiger partial charge < -0.3 is 9.47 Å². The molecule has 1 saturated heterocycles. The molecule has 1 heterocycles. The Labute approximate surface area is 146 Å². The number of ether oxygens (including phenoxy) is 2. The number of hydrazone groups is 1. The first kappa shape index (κ1) is 15.9. The second-order valence-corrected chi connectivity index (χ2v) is 6.58. The van der Waals surface area contributed by atoms with Crippen molar-refractivity contribution in [2.24, 2.45) is 28.8 Å². The van der Waals surface area contributed by atoms with Crippen LogP contribution in [0, 0.1) is 23.7 Å². The number of amides is 2. The monoisotopic (exact) mass is 340 g/mol. The van der Waals surface area contributed by atoms with Crippen molar-refractivity contribution in [1.29, 1.82) is 0 Å². The van der Waals surface area contributed by atoms with Gasteiger partial charge in [-0.2, -0.15) is 10.1 Å². The molecule has 6 nitrogen and oxygen atoms in total. The Morgan fingerprint density at radius 1 is 1.16 bits per heavy atom. The van der Waals surface area contributed by atoms with Gasteiger partial charge in [0.15, 0.2) is 11.5 Å². The highest BCUT2D eigenvalue weighted by Gasteiger charge is 2.59. The first-order valence-corrected chi connectivity index (χ1v) is 8.55. The number of carbonyl (C=O) groups excluding carboxylic acids is 2. The van der Waals surface area contributed by atoms with Gasteiger partial charge in [-0.1, -0.05) is 12.2 Å². The molecule has 2 amide bonds. The Kier molecular flexibility index (Phi) is 3.82. The van der Waals surface area contributed by atoms with Gasteiger partial charge >= 0.3 is 0 Å². The van der Waals surface area contributed by atoms with Crippen LogP contribution in [0.2, 0.25) is 0 Å². The Morgan fingerprint density at radius 2 is 1.84 bits per heavy atom. The summed E-state index contributed by atoms with van der Waals surface area (Å²) in [6.45, 7) is 2.40. The van der Waals surface area contributed by atoms with E-state index in [2.05, 4.69) is 17.3 Å². The average Bonchev–Trinajstić information content (AvgIpc) is 3.29. The molecule has 2 fully saturated rings. The van der Waals surface area contributed by atoms with Crippen LogP contribution in [0.15, 0.2) is 35.5 Å². The topological polar surface area (TPSA) is 68.2 Å². The van der Waals surface area contributed by atoms with E-state index in [0.29, 0.717) is 18.1 Å². The Bertz CT molecular complexity index is 756. The lowest BCUT2D eigenvalue weighted by Crippen LogP contribution is -2.28. The van der Waals surface area contributed by atoms with Gasteiger partial charge in [0.05, 0.1) is 31.8 Å². The number of imide groups is 1. The molecule has 25 heavy (non-hydrogen) atoms. The van der Waals surface area contributed by atoms with Crippen molar-refractivity contribution in [1.82, 2.24) is 5.01 Å². The van der Waals surface area contributed by atoms with Crippen LogP contribution in [-0.4, -0.2) is 36.8 Å². The van der Waals surface area contributed by atoms with E-state index in [0.717, 1.165) is 17.0 Å². The minimum atomic E-state index is -0.227. The number of allylic oxidation sites excluding steroid dienone is 2. The lowest BCUT2D eigenvalue weighted by Gasteiger charge is -2.13. The highest BCUT2D eigenvalue weighted by atomic mass is 16.5. The fourth-order valence-corrected chi connectivity index (χ4v) is 4.17. The van der Waals surface area contributed by atoms with E-state index >= 15 is 0 Å². The van der Waals surface area contributed by atoms with Gasteiger partial charge in [0, 0.05) is 0 Å². The molecule has 0 N–H and O–H groups in total. The molecule has 4 atom stereocenters. The molecule has 3 aliphatic rings. The third kappa shape index (κ3) is 2.44. The number of methoxy groups -OCH3 is 1. The summed E-state index contributed by atoms with van der Waals surface area (Å²) in [6, 6.07) is 5.36. The predicted octanol–water partition coefficient (Wildman–Crippen LogP) is 2.23. The third-order valence-corrected chi connectivity index (χ3v) is 5.26. The second kappa shape index (κ2) is 6.02. The summed E-state index contributed by atoms with van der Waals surface area (Å²) >= 11 is 0. The number of fused-ring (bicyclic) bond motifs is 5. The third-order valence-electron chi connectivity index (χ3n) is 5.26. The van der Waals surface area contributed by atoms with Crippen molar-refractivity contribution >= 4 is 18.0 Å². The Morgan fingerprint density at radius 3 is 2.44 bits per heavy atom. The maximum atomic E-state index is 12.6. The molecule has 130 valence electrons. The number of carbonyl (C=O) groups is 2. The van der Waals surface area contributed by atoms with Crippen LogP contribution < -0.4 is 9.47 Å². The quantitative estimate of drug-likeness (QED) is 0.468. The molecule has 0 unspecified atom stereocenters. The first-order chi connectivity index (χ1) is 12.1. The van der Waals surface area contributed by atoms with Gasteiger partial charge in [-0.05, 0) is 48.9 Å². The summed E-state index contributed by atoms with van der Waals surface area (Å²) in [4.78, 5) is 25.2. The predicted molar refractivity (Wildman–Crippen MR) is 91.3 cm³/mol. The molecule has 6 heteroatoms. The highest BCUT2D eigenvalue weighted by molar-refractivity contribution is 6.06. The van der Waals surface area contributed by atoms with Gasteiger partial charge in [-0.25, -0.2) is 0 Å². The summed E-state index contributed by atoms with van der Waals surface area (Å²) in [5.74, 6) is 0.804. The van der Waals surface area contributed by atoms with Gasteiger partial charge in [-0.3, -0.25) is 9.59 Å². The number of hydrogen-bond donors (Lipinski definition) is 0. The van der Waals surface area contributed by atoms with Crippen molar-refractivity contribution in [3.63, 3.8) is 0 Å². The van der Waals surface area contributed by atoms with Crippen molar-refractivity contribution in [3.8, 4) is 11.5 Å². The van der Waals surface area contributed by atoms with E-state index in [1.165, 1.54) is 6.21 Å². The highest BCUT2D eigenvalue weighted by Crippen LogP contribution is 2.52. The van der Waals surface area contributed by atoms with E-state index in [4.69, 9.17) is 9.47 Å². The summed E-state index contributed by atoms with van der Waals surface area (Å²) in [6.07, 6.45) is 6.58. The van der Waals surface area contributed by atoms with Crippen LogP contribution in [0.5, 0.6) is 11.5 Å². The maximum Gasteiger partial charge on any atom is 0.254 e. The second-order valence-electron chi connectivity index (χ2n) is 6.58. The van der Waals surface area contributed by atoms with E-state index in [-0.39, 0.29) is 35.5 Å². The standard InChI is InChI=1S/C19H20N2O4/c1-3-25-15-8-11(4-7-14(15)24-2)10-20-21-18(22)16-12-5-6-13(9-12)17(16)19(21)23/h4-8,10,12-13,16-17H,3,9H2,1-2H3/b20-10-/t12-,13-,16+,17+/m0/s1. The summed E-state index contributed by atoms with van der Waals surface area (Å²) < 4.78 is 10.8. The number of nitrogens with zero attached hydrogens (tertiary/aromatic N) is 2. The van der Waals surface area contributed by atoms with Gasteiger partial charge in [0.25, 0.3) is 11.8 Å². The van der Waals surface area contributed by atoms with Crippen LogP contribution >= 0.6 is 0 Å². The van der Waals surface area contributed by atoms with Crippen LogP contribution in [0.1, 0.15) is 18.9 Å². The zero-order valence-corrected chi connectivity index (χ0v) is 14.2. The van der Waals surface area contributed by atoms with Crippen LogP contribution in [0.4, 0.5) is 0 Å². The smallest absolute Gasteiger partial charge is 0.254 e. The zero-order chi connectivity index (χ0) is 17.6. The van der Waals surface area contributed by atoms with Gasteiger partial charge in [0.2, 0.25) is 0 Å². The Balaban J connectivity index is 1.56. The largest absolute Gasteiger partial charge is 0.493 e. The molecule has 4 rings (SSSR count). The summed E-state index contributed by atoms with van der Waals surface area (Å²) in [5.41, 5.74) is 0.739. The van der Waals surface area contributed by atoms with Crippen LogP contribution in [0.25, 0.3) is 0 Å². The maximum absolute atomic E-state index is 12.6. The van der Waals surface area contributed by atoms with E-state index in [1.54, 1.807) is 19.2 Å². The average molecular weight is 340 g/mol. The molecule has 1 saturated carbocycles. The van der Waals surface area contributed by atoms with E-state index in [9.17, 15) is 9.59 Å². The molecule has 2 bridgehead atoms. The van der Waals surface area contributed by atoms with E-state index < -0.39 is 0 Å². The minimum absolute atomic E-state index is 0.179. The van der Waals surface area contributed by atoms with Gasteiger partial charge in [-0.15, -0.1) is 0 Å². The lowest BCUT2D eigenvalue weighted by molar-refractivity contribution is -0.140. The number of hydrogen-bond acceptors (Lipinski definition) is 5. The molecular formula is C19H20N2O4. The van der Waals surface area contributed by atoms with Crippen LogP contribution in [-0.2, 0) is 9.59 Å². The minimum Gasteiger partial charge on any atom is -0.493 e. The lowest BCUT2D eigenvalue weighted by atomic mass is 9.85.